The maximum atomic E-state index is 14.7. The summed E-state index contributed by atoms with van der Waals surface area (Å²) < 4.78 is 0. The van der Waals surface area contributed by atoms with Crippen molar-refractivity contribution in [2.75, 3.05) is 0 Å². The number of nitrogens with one attached hydrogen (secondary N) is 4. The normalized spacial score (nSPS) is 17.2. The van der Waals surface area contributed by atoms with Gasteiger partial charge in [0.15, 0.2) is 28.9 Å². The third-order valence-electron chi connectivity index (χ3n) is 12.9. The Morgan fingerprint density at radius 1 is 0.647 bits per heavy atom. The monoisotopic (exact) mass is 944 g/mol. The van der Waals surface area contributed by atoms with Gasteiger partial charge >= 0.3 is 0 Å². The van der Waals surface area contributed by atoms with Gasteiger partial charge in [-0.25, -0.2) is 9.97 Å². The molecule has 21 nitrogen and oxygen atoms in total. The summed E-state index contributed by atoms with van der Waals surface area (Å²) in [4.78, 5) is 126. The molecule has 370 valence electrons. The Morgan fingerprint density at radius 3 is 1.74 bits per heavy atom. The molecule has 3 heterocycles. The first-order valence-corrected chi connectivity index (χ1v) is 22.8. The lowest BCUT2D eigenvalue weighted by Gasteiger charge is -2.33. The number of para-hydroxylation sites is 1. The summed E-state index contributed by atoms with van der Waals surface area (Å²) in [6.07, 6.45) is 6.79. The number of aromatic nitrogens is 5. The van der Waals surface area contributed by atoms with Gasteiger partial charge in [0.2, 0.25) is 11.8 Å². The van der Waals surface area contributed by atoms with Crippen LogP contribution in [0, 0.1) is 41.4 Å². The first kappa shape index (κ1) is 54.5. The van der Waals surface area contributed by atoms with Gasteiger partial charge < -0.3 is 60.4 Å². The number of amides is 2. The van der Waals surface area contributed by atoms with Crippen molar-refractivity contribution in [2.24, 2.45) is 81.6 Å². The van der Waals surface area contributed by atoms with Gasteiger partial charge in [0, 0.05) is 83.8 Å². The van der Waals surface area contributed by atoms with Crippen molar-refractivity contribution in [3.8, 4) is 0 Å². The van der Waals surface area contributed by atoms with Crippen LogP contribution in [0.4, 0.5) is 0 Å². The number of primary amides is 1. The predicted octanol–water partition coefficient (Wildman–Crippen LogP) is -0.797. The highest BCUT2D eigenvalue weighted by Crippen LogP contribution is 2.28. The number of nitrogens with zero attached hydrogens (tertiary/aromatic N) is 2. The van der Waals surface area contributed by atoms with Crippen LogP contribution < -0.4 is 45.5 Å². The third-order valence-corrected chi connectivity index (χ3v) is 12.9. The number of carbonyl (C=O) groups excluding carboxylic acids is 8. The van der Waals surface area contributed by atoms with Gasteiger partial charge in [-0.1, -0.05) is 52.8 Å². The molecule has 0 fully saturated rings. The highest BCUT2D eigenvalue weighted by molar-refractivity contribution is 6.03. The standard InChI is InChI=1S/C47H69N13O8/c1-21(2)11-34(46(54)67)60-47(68)31(14-27-18-56-20-59-27)39(51)35(62)15-32(48)45(66)36(22(3)4)41(53)42(63)23(5)37(49)43(64)29(12-25-16-57-33-10-8-7-9-28(25)33)40(52)44(65)30(38(50)24(6)61)13-26-17-55-19-58-26/h7-10,16-23,29-32,34,36-41,57H,11-15,48-53H2,1-6H3,(H2,54,67)(H,55,58)(H,56,59)(H,60,68)/t23-,29-,30-,31-,32?,34-,36-,37?,38?,39?,40?,41?/m0/s1. The van der Waals surface area contributed by atoms with E-state index < -0.39 is 131 Å². The fourth-order valence-corrected chi connectivity index (χ4v) is 8.72. The lowest BCUT2D eigenvalue weighted by molar-refractivity contribution is -0.138. The van der Waals surface area contributed by atoms with E-state index in [0.29, 0.717) is 17.0 Å². The number of hydrogen-bond donors (Lipinski definition) is 11. The number of nitrogens with two attached hydrogens (primary N) is 7. The number of benzene rings is 1. The molecule has 0 saturated heterocycles. The van der Waals surface area contributed by atoms with Crippen molar-refractivity contribution in [3.05, 3.63) is 72.5 Å². The molecule has 68 heavy (non-hydrogen) atoms. The van der Waals surface area contributed by atoms with Crippen molar-refractivity contribution in [1.29, 1.82) is 0 Å². The van der Waals surface area contributed by atoms with E-state index in [1.54, 1.807) is 26.1 Å². The summed E-state index contributed by atoms with van der Waals surface area (Å²) in [6, 6.07) is -2.74. The van der Waals surface area contributed by atoms with Gasteiger partial charge in [-0.2, -0.15) is 0 Å². The molecule has 0 aliphatic rings. The second-order valence-electron chi connectivity index (χ2n) is 18.7. The van der Waals surface area contributed by atoms with Crippen LogP contribution >= 0.6 is 0 Å². The molecule has 0 bridgehead atoms. The van der Waals surface area contributed by atoms with Gasteiger partial charge in [0.1, 0.15) is 11.8 Å². The molecule has 0 saturated carbocycles. The molecular weight excluding hydrogens is 875 g/mol. The SMILES string of the molecule is CC(=O)C(N)[C@H](Cc1cnc[nH]1)C(=O)C(N)[C@H](Cc1c[nH]c2ccccc12)C(=O)C(N)[C@H](C)C(=O)C(N)[C@@H](C(=O)C(N)CC(=O)C(N)[C@H](Cc1cnc[nH]1)C(=O)N[C@@H](CC(C)C)C(N)=O)C(C)C. The fourth-order valence-electron chi connectivity index (χ4n) is 8.72. The molecular formula is C47H69N13O8. The predicted molar refractivity (Wildman–Crippen MR) is 253 cm³/mol. The summed E-state index contributed by atoms with van der Waals surface area (Å²) >= 11 is 0. The summed E-state index contributed by atoms with van der Waals surface area (Å²) in [5.41, 5.74) is 47.0. The Morgan fingerprint density at radius 2 is 1.21 bits per heavy atom. The summed E-state index contributed by atoms with van der Waals surface area (Å²) in [5.74, 6) is -12.6. The molecule has 4 aromatic rings. The smallest absolute Gasteiger partial charge is 0.240 e. The first-order valence-electron chi connectivity index (χ1n) is 22.8. The summed E-state index contributed by atoms with van der Waals surface area (Å²) in [6.45, 7) is 9.59. The Kier molecular flexibility index (Phi) is 19.4. The number of carbonyl (C=O) groups is 8. The Bertz CT molecular complexity index is 2380. The zero-order valence-corrected chi connectivity index (χ0v) is 39.5. The van der Waals surface area contributed by atoms with Crippen LogP contribution in [0.15, 0.2) is 55.5 Å². The van der Waals surface area contributed by atoms with Gasteiger partial charge in [0.05, 0.1) is 54.8 Å². The van der Waals surface area contributed by atoms with E-state index in [1.165, 1.54) is 38.9 Å². The van der Waals surface area contributed by atoms with Crippen molar-refractivity contribution < 1.29 is 38.4 Å². The Labute approximate surface area is 395 Å². The van der Waals surface area contributed by atoms with Crippen LogP contribution in [0.2, 0.25) is 0 Å². The largest absolute Gasteiger partial charge is 0.368 e. The second kappa shape index (κ2) is 24.3. The molecule has 2 amide bonds. The zero-order valence-electron chi connectivity index (χ0n) is 39.5. The van der Waals surface area contributed by atoms with Gasteiger partial charge in [0.25, 0.3) is 0 Å². The van der Waals surface area contributed by atoms with Gasteiger partial charge in [-0.05, 0) is 43.2 Å². The topological polar surface area (TPSA) is 404 Å². The van der Waals surface area contributed by atoms with Crippen LogP contribution in [0.1, 0.15) is 71.3 Å². The quantitative estimate of drug-likeness (QED) is 0.0318. The number of Topliss-reactive ketones (excluding diaryl/α,β-unsaturated/α-hetero) is 6. The van der Waals surface area contributed by atoms with Crippen LogP contribution in [0.3, 0.4) is 0 Å². The molecule has 0 aliphatic heterocycles. The van der Waals surface area contributed by atoms with E-state index in [0.717, 1.165) is 10.9 Å². The average molecular weight is 944 g/mol. The minimum atomic E-state index is -1.58. The third kappa shape index (κ3) is 13.5. The molecule has 12 atom stereocenters. The van der Waals surface area contributed by atoms with Crippen LogP contribution in [0.25, 0.3) is 10.9 Å². The number of imidazole rings is 2. The minimum Gasteiger partial charge on any atom is -0.368 e. The van der Waals surface area contributed by atoms with Gasteiger partial charge in [-0.15, -0.1) is 0 Å². The molecule has 6 unspecified atom stereocenters. The fraction of sp³-hybridized carbons (Fsp3) is 0.532. The van der Waals surface area contributed by atoms with Crippen molar-refractivity contribution in [2.45, 2.75) is 116 Å². The number of aromatic amines is 3. The van der Waals surface area contributed by atoms with E-state index in [-0.39, 0.29) is 31.6 Å². The lowest BCUT2D eigenvalue weighted by Crippen LogP contribution is -2.57. The Hall–Kier alpha value is -6.10. The highest BCUT2D eigenvalue weighted by Gasteiger charge is 2.45. The van der Waals surface area contributed by atoms with E-state index in [2.05, 4.69) is 30.2 Å². The summed E-state index contributed by atoms with van der Waals surface area (Å²) in [5, 5.41) is 3.36. The van der Waals surface area contributed by atoms with Gasteiger partial charge in [-0.3, -0.25) is 38.4 Å². The highest BCUT2D eigenvalue weighted by atomic mass is 16.2. The summed E-state index contributed by atoms with van der Waals surface area (Å²) in [7, 11) is 0. The van der Waals surface area contributed by atoms with E-state index in [9.17, 15) is 38.4 Å². The molecule has 0 radical (unpaired) electrons. The van der Waals surface area contributed by atoms with E-state index in [4.69, 9.17) is 40.1 Å². The number of rotatable bonds is 29. The first-order chi connectivity index (χ1) is 32.0. The number of fused-ring (bicyclic) bond motifs is 1. The number of hydrogen-bond acceptors (Lipinski definition) is 16. The lowest BCUT2D eigenvalue weighted by atomic mass is 9.73. The Balaban J connectivity index is 1.56. The molecule has 1 aromatic carbocycles. The maximum Gasteiger partial charge on any atom is 0.240 e. The maximum absolute atomic E-state index is 14.7. The number of H-pyrrole nitrogens is 3. The molecule has 0 spiro atoms. The van der Waals surface area contributed by atoms with Crippen molar-refractivity contribution in [1.82, 2.24) is 30.2 Å². The van der Waals surface area contributed by atoms with Crippen LogP contribution in [-0.2, 0) is 57.6 Å². The van der Waals surface area contributed by atoms with Crippen molar-refractivity contribution >= 4 is 57.4 Å². The number of ketones is 6. The van der Waals surface area contributed by atoms with E-state index >= 15 is 0 Å². The molecule has 0 aliphatic carbocycles. The van der Waals surface area contributed by atoms with Crippen LogP contribution in [-0.4, -0.2) is 114 Å². The van der Waals surface area contributed by atoms with E-state index in [1.807, 2.05) is 32.0 Å². The second-order valence-corrected chi connectivity index (χ2v) is 18.7. The van der Waals surface area contributed by atoms with Crippen LogP contribution in [0.5, 0.6) is 0 Å². The molecule has 21 heteroatoms. The molecule has 4 rings (SSSR count). The van der Waals surface area contributed by atoms with Crippen molar-refractivity contribution in [3.63, 3.8) is 0 Å². The molecule has 18 N–H and O–H groups in total. The minimum absolute atomic E-state index is 0.0115. The molecule has 3 aromatic heterocycles. The zero-order chi connectivity index (χ0) is 50.7. The average Bonchev–Trinajstić information content (AvgIpc) is 4.10.